The number of fused-ring (bicyclic) bond motifs is 1. The number of aromatic nitrogens is 1. The number of hydrogen-bond donors (Lipinski definition) is 2. The molecule has 0 bridgehead atoms. The highest BCUT2D eigenvalue weighted by molar-refractivity contribution is 6.30. The van der Waals surface area contributed by atoms with Gasteiger partial charge in [-0.1, -0.05) is 35.3 Å². The molecular formula is C18H18ClN3O4. The molecule has 0 radical (unpaired) electrons. The van der Waals surface area contributed by atoms with Crippen molar-refractivity contribution in [3.8, 4) is 11.3 Å². The Morgan fingerprint density at radius 2 is 2.23 bits per heavy atom. The number of amides is 2. The Labute approximate surface area is 154 Å². The van der Waals surface area contributed by atoms with Gasteiger partial charge in [0.15, 0.2) is 11.6 Å². The van der Waals surface area contributed by atoms with Gasteiger partial charge in [0.1, 0.15) is 0 Å². The SMILES string of the molecule is O=C(Nc1cc(-c2cccc(Cl)c2)on1)N1C[C@@H]2CCC[C@@]2(C(=O)O)C1. The minimum absolute atomic E-state index is 0.0186. The number of nitrogens with zero attached hydrogens (tertiary/aromatic N) is 2. The van der Waals surface area contributed by atoms with Gasteiger partial charge in [0, 0.05) is 29.7 Å². The highest BCUT2D eigenvalue weighted by atomic mass is 35.5. The van der Waals surface area contributed by atoms with Crippen LogP contribution < -0.4 is 5.32 Å². The second-order valence-electron chi connectivity index (χ2n) is 6.95. The van der Waals surface area contributed by atoms with Crippen LogP contribution in [0.4, 0.5) is 10.6 Å². The van der Waals surface area contributed by atoms with E-state index >= 15 is 0 Å². The minimum atomic E-state index is -0.806. The van der Waals surface area contributed by atoms with E-state index in [2.05, 4.69) is 10.5 Å². The summed E-state index contributed by atoms with van der Waals surface area (Å²) in [6.07, 6.45) is 2.37. The second-order valence-corrected chi connectivity index (χ2v) is 7.38. The van der Waals surface area contributed by atoms with E-state index in [-0.39, 0.29) is 24.3 Å². The van der Waals surface area contributed by atoms with Gasteiger partial charge in [0.2, 0.25) is 0 Å². The number of benzene rings is 1. The first-order valence-corrected chi connectivity index (χ1v) is 8.88. The van der Waals surface area contributed by atoms with Gasteiger partial charge in [-0.15, -0.1) is 0 Å². The molecule has 136 valence electrons. The number of hydrogen-bond acceptors (Lipinski definition) is 4. The number of carboxylic acid groups (broad SMARTS) is 1. The van der Waals surface area contributed by atoms with Crippen LogP contribution in [0, 0.1) is 11.3 Å². The van der Waals surface area contributed by atoms with Crippen LogP contribution >= 0.6 is 11.6 Å². The van der Waals surface area contributed by atoms with Gasteiger partial charge in [-0.25, -0.2) is 4.79 Å². The van der Waals surface area contributed by atoms with E-state index in [9.17, 15) is 14.7 Å². The van der Waals surface area contributed by atoms with E-state index in [4.69, 9.17) is 16.1 Å². The molecule has 2 heterocycles. The molecule has 2 aliphatic rings. The van der Waals surface area contributed by atoms with Crippen LogP contribution in [0.25, 0.3) is 11.3 Å². The summed E-state index contributed by atoms with van der Waals surface area (Å²) in [5.41, 5.74) is -0.0429. The van der Waals surface area contributed by atoms with E-state index in [1.165, 1.54) is 0 Å². The first kappa shape index (κ1) is 16.9. The number of anilines is 1. The van der Waals surface area contributed by atoms with Crippen molar-refractivity contribution >= 4 is 29.4 Å². The smallest absolute Gasteiger partial charge is 0.323 e. The van der Waals surface area contributed by atoms with E-state index in [1.807, 2.05) is 6.07 Å². The van der Waals surface area contributed by atoms with Crippen LogP contribution in [0.15, 0.2) is 34.9 Å². The number of rotatable bonds is 3. The Hall–Kier alpha value is -2.54. The van der Waals surface area contributed by atoms with E-state index < -0.39 is 11.4 Å². The lowest BCUT2D eigenvalue weighted by Gasteiger charge is -2.23. The lowest BCUT2D eigenvalue weighted by molar-refractivity contribution is -0.149. The molecular weight excluding hydrogens is 358 g/mol. The standard InChI is InChI=1S/C18H18ClN3O4/c19-13-5-1-3-11(7-13)14-8-15(21-26-14)20-17(25)22-9-12-4-2-6-18(12,10-22)16(23)24/h1,3,5,7-8,12H,2,4,6,9-10H2,(H,23,24)(H,20,21,25)/t12-,18+/m0/s1. The Bertz CT molecular complexity index is 868. The Morgan fingerprint density at radius 3 is 2.96 bits per heavy atom. The zero-order valence-corrected chi connectivity index (χ0v) is 14.7. The van der Waals surface area contributed by atoms with Crippen LogP contribution in [0.2, 0.25) is 5.02 Å². The number of carbonyl (C=O) groups is 2. The third-order valence-electron chi connectivity index (χ3n) is 5.44. The summed E-state index contributed by atoms with van der Waals surface area (Å²) in [6, 6.07) is 8.39. The number of aliphatic carboxylic acids is 1. The van der Waals surface area contributed by atoms with E-state index in [1.54, 1.807) is 29.2 Å². The molecule has 0 unspecified atom stereocenters. The average Bonchev–Trinajstić information content (AvgIpc) is 3.28. The normalized spacial score (nSPS) is 24.5. The summed E-state index contributed by atoms with van der Waals surface area (Å²) in [7, 11) is 0. The van der Waals surface area contributed by atoms with Crippen LogP contribution in [0.5, 0.6) is 0 Å². The quantitative estimate of drug-likeness (QED) is 0.852. The molecule has 2 amide bonds. The summed E-state index contributed by atoms with van der Waals surface area (Å²) in [6.45, 7) is 0.689. The maximum atomic E-state index is 12.5. The van der Waals surface area contributed by atoms with Crippen molar-refractivity contribution in [3.63, 3.8) is 0 Å². The molecule has 7 nitrogen and oxygen atoms in total. The lowest BCUT2D eigenvalue weighted by Crippen LogP contribution is -2.38. The maximum absolute atomic E-state index is 12.5. The van der Waals surface area contributed by atoms with Gasteiger partial charge >= 0.3 is 12.0 Å². The van der Waals surface area contributed by atoms with Crippen molar-refractivity contribution in [2.24, 2.45) is 11.3 Å². The molecule has 2 fully saturated rings. The third-order valence-corrected chi connectivity index (χ3v) is 5.67. The van der Waals surface area contributed by atoms with Crippen molar-refractivity contribution in [2.75, 3.05) is 18.4 Å². The monoisotopic (exact) mass is 375 g/mol. The number of urea groups is 1. The largest absolute Gasteiger partial charge is 0.481 e. The first-order chi connectivity index (χ1) is 12.5. The van der Waals surface area contributed by atoms with Crippen LogP contribution in [-0.4, -0.2) is 40.3 Å². The van der Waals surface area contributed by atoms with E-state index in [0.717, 1.165) is 18.4 Å². The molecule has 8 heteroatoms. The molecule has 1 aliphatic carbocycles. The fourth-order valence-electron chi connectivity index (χ4n) is 4.09. The van der Waals surface area contributed by atoms with Crippen molar-refractivity contribution in [2.45, 2.75) is 19.3 Å². The second kappa shape index (κ2) is 6.32. The minimum Gasteiger partial charge on any atom is -0.481 e. The van der Waals surface area contributed by atoms with Gasteiger partial charge in [0.25, 0.3) is 0 Å². The predicted octanol–water partition coefficient (Wildman–Crippen LogP) is 3.71. The molecule has 2 aromatic rings. The number of likely N-dealkylation sites (tertiary alicyclic amines) is 1. The Kier molecular flexibility index (Phi) is 4.11. The molecule has 4 rings (SSSR count). The van der Waals surface area contributed by atoms with Gasteiger partial charge < -0.3 is 14.5 Å². The highest BCUT2D eigenvalue weighted by Crippen LogP contribution is 2.48. The fourth-order valence-corrected chi connectivity index (χ4v) is 4.28. The molecule has 1 aromatic carbocycles. The van der Waals surface area contributed by atoms with Crippen LogP contribution in [0.1, 0.15) is 19.3 Å². The summed E-state index contributed by atoms with van der Waals surface area (Å²) in [4.78, 5) is 25.8. The van der Waals surface area contributed by atoms with Gasteiger partial charge in [-0.05, 0) is 30.9 Å². The number of halogens is 1. The number of carbonyl (C=O) groups excluding carboxylic acids is 1. The third kappa shape index (κ3) is 2.82. The predicted molar refractivity (Wildman–Crippen MR) is 95.0 cm³/mol. The Morgan fingerprint density at radius 1 is 1.38 bits per heavy atom. The number of carboxylic acids is 1. The number of nitrogens with one attached hydrogen (secondary N) is 1. The van der Waals surface area contributed by atoms with Crippen molar-refractivity contribution in [1.82, 2.24) is 10.1 Å². The summed E-state index contributed by atoms with van der Waals surface area (Å²) in [5.74, 6) is -0.0143. The molecule has 26 heavy (non-hydrogen) atoms. The van der Waals surface area contributed by atoms with Gasteiger partial charge in [-0.2, -0.15) is 0 Å². The molecule has 2 N–H and O–H groups in total. The topological polar surface area (TPSA) is 95.7 Å². The van der Waals surface area contributed by atoms with Crippen molar-refractivity contribution in [3.05, 3.63) is 35.4 Å². The zero-order valence-electron chi connectivity index (χ0n) is 13.9. The highest BCUT2D eigenvalue weighted by Gasteiger charge is 2.55. The molecule has 1 saturated heterocycles. The maximum Gasteiger partial charge on any atom is 0.323 e. The Balaban J connectivity index is 1.46. The lowest BCUT2D eigenvalue weighted by atomic mass is 9.81. The van der Waals surface area contributed by atoms with Gasteiger partial charge in [0.05, 0.1) is 5.41 Å². The summed E-state index contributed by atoms with van der Waals surface area (Å²) >= 11 is 5.97. The summed E-state index contributed by atoms with van der Waals surface area (Å²) in [5, 5.41) is 16.8. The summed E-state index contributed by atoms with van der Waals surface area (Å²) < 4.78 is 5.27. The molecule has 0 spiro atoms. The van der Waals surface area contributed by atoms with Gasteiger partial charge in [-0.3, -0.25) is 10.1 Å². The fraction of sp³-hybridized carbons (Fsp3) is 0.389. The van der Waals surface area contributed by atoms with Crippen molar-refractivity contribution in [1.29, 1.82) is 0 Å². The molecule has 1 saturated carbocycles. The molecule has 1 aromatic heterocycles. The molecule has 2 atom stereocenters. The van der Waals surface area contributed by atoms with Crippen LogP contribution in [-0.2, 0) is 4.79 Å². The van der Waals surface area contributed by atoms with Crippen LogP contribution in [0.3, 0.4) is 0 Å². The first-order valence-electron chi connectivity index (χ1n) is 8.50. The van der Waals surface area contributed by atoms with Crippen molar-refractivity contribution < 1.29 is 19.2 Å². The zero-order chi connectivity index (χ0) is 18.3. The molecule has 1 aliphatic heterocycles. The van der Waals surface area contributed by atoms with E-state index in [0.29, 0.717) is 23.7 Å². The average molecular weight is 376 g/mol.